The van der Waals surface area contributed by atoms with Crippen LogP contribution in [-0.2, 0) is 49.6 Å². The predicted molar refractivity (Wildman–Crippen MR) is 277 cm³/mol. The summed E-state index contributed by atoms with van der Waals surface area (Å²) in [7, 11) is 0. The number of hydrogen-bond donors (Lipinski definition) is 13. The normalized spacial score (nSPS) is 26.0. The van der Waals surface area contributed by atoms with Crippen molar-refractivity contribution in [2.45, 2.75) is 148 Å². The molecule has 1 aromatic rings. The van der Waals surface area contributed by atoms with Gasteiger partial charge in [-0.05, 0) is 60.5 Å². The Kier molecular flexibility index (Phi) is 27.6. The summed E-state index contributed by atoms with van der Waals surface area (Å²) in [5.74, 6) is -9.31. The van der Waals surface area contributed by atoms with Gasteiger partial charge in [-0.25, -0.2) is 4.79 Å². The highest BCUT2D eigenvalue weighted by atomic mass is 32.2. The third-order valence-corrected chi connectivity index (χ3v) is 13.5. The largest absolute Gasteiger partial charge is 0.394 e. The van der Waals surface area contributed by atoms with Gasteiger partial charge in [-0.3, -0.25) is 43.2 Å². The number of aliphatic hydroxyl groups excluding tert-OH is 1. The zero-order chi connectivity index (χ0) is 54.2. The summed E-state index contributed by atoms with van der Waals surface area (Å²) >= 11 is 5.68. The fourth-order valence-electron chi connectivity index (χ4n) is 7.55. The number of thiol groups is 1. The summed E-state index contributed by atoms with van der Waals surface area (Å²) in [5.41, 5.74) is 5.86. The van der Waals surface area contributed by atoms with E-state index in [1.807, 2.05) is 0 Å². The fraction of sp³-hybridized carbons (Fsp3) is 0.667. The number of benzene rings is 1. The van der Waals surface area contributed by atoms with Crippen molar-refractivity contribution in [1.82, 2.24) is 53.2 Å². The maximum atomic E-state index is 14.2. The van der Waals surface area contributed by atoms with Gasteiger partial charge in [-0.1, -0.05) is 98.6 Å². The first kappa shape index (κ1) is 62.5. The van der Waals surface area contributed by atoms with Gasteiger partial charge in [0.15, 0.2) is 0 Å². The molecule has 1 fully saturated rings. The third-order valence-electron chi connectivity index (χ3n) is 12.5. The number of rotatable bonds is 17. The van der Waals surface area contributed by atoms with Crippen LogP contribution >= 0.6 is 24.4 Å². The van der Waals surface area contributed by atoms with Crippen molar-refractivity contribution >= 4 is 83.6 Å². The maximum absolute atomic E-state index is 14.2. The zero-order valence-corrected chi connectivity index (χ0v) is 44.6. The van der Waals surface area contributed by atoms with Crippen molar-refractivity contribution in [1.29, 1.82) is 0 Å². The lowest BCUT2D eigenvalue weighted by Gasteiger charge is -2.31. The molecule has 1 saturated heterocycles. The highest BCUT2D eigenvalue weighted by Crippen LogP contribution is 2.15. The molecule has 404 valence electrons. The van der Waals surface area contributed by atoms with Gasteiger partial charge in [0, 0.05) is 18.7 Å². The van der Waals surface area contributed by atoms with Gasteiger partial charge in [0.2, 0.25) is 53.2 Å². The molecule has 13 N–H and O–H groups in total. The molecular formula is C48H79N11O11S2. The molecule has 0 aromatic heterocycles. The Hall–Kier alpha value is -5.62. The first-order valence-electron chi connectivity index (χ1n) is 24.5. The summed E-state index contributed by atoms with van der Waals surface area (Å²) in [4.78, 5) is 139. The summed E-state index contributed by atoms with van der Waals surface area (Å²) in [5, 5.41) is 36.9. The van der Waals surface area contributed by atoms with Crippen LogP contribution in [0.1, 0.15) is 93.1 Å². The van der Waals surface area contributed by atoms with Crippen LogP contribution in [0.2, 0.25) is 0 Å². The molecule has 2 rings (SSSR count). The molecule has 0 radical (unpaired) electrons. The molecule has 0 aliphatic carbocycles. The molecule has 22 nitrogen and oxygen atoms in total. The van der Waals surface area contributed by atoms with Gasteiger partial charge < -0.3 is 64.0 Å². The number of amides is 11. The number of aliphatic hydroxyl groups is 1. The number of carbonyl (C=O) groups excluding carboxylic acids is 10. The standard InChI is InChI=1S/C48H79N11O11S2/c1-10-27(7)37-46(68)57-36(26(5)6)45(67)55-34(24-71)43(65)59-38(28(8)11-2)47(69)56-35(25(3)4)44(66)53-32(22-29-16-13-12-14-17-29)41(63)54-33(23-60)42(64)52-31(19-21-72-9)39(61)51-30(40(62)58-37)18-15-20-50-48(49)70/h12-14,16-17,25-28,30-38,60,71H,10-11,15,18-24H2,1-9H3,(H,51,61)(H,52,64)(H,53,66)(H,54,63)(H,55,67)(H,56,69)(H,57,68)(H,58,62)(H,59,65)(H3,49,50,70)/t27-,28-,30-,31-,32-,33-,34-,35-,36-,37-,38-/m0/s1. The van der Waals surface area contributed by atoms with Crippen molar-refractivity contribution in [2.75, 3.05) is 30.9 Å². The number of thioether (sulfide) groups is 1. The van der Waals surface area contributed by atoms with Gasteiger partial charge in [-0.15, -0.1) is 0 Å². The topological polar surface area (TPSA) is 337 Å². The lowest BCUT2D eigenvalue weighted by atomic mass is 9.95. The van der Waals surface area contributed by atoms with E-state index in [0.29, 0.717) is 24.2 Å². The fourth-order valence-corrected chi connectivity index (χ4v) is 8.27. The number of primary amides is 1. The van der Waals surface area contributed by atoms with E-state index in [9.17, 15) is 53.1 Å². The average molecular weight is 1050 g/mol. The monoisotopic (exact) mass is 1050 g/mol. The summed E-state index contributed by atoms with van der Waals surface area (Å²) < 4.78 is 0. The van der Waals surface area contributed by atoms with E-state index in [-0.39, 0.29) is 38.0 Å². The van der Waals surface area contributed by atoms with E-state index < -0.39 is 144 Å². The van der Waals surface area contributed by atoms with Crippen molar-refractivity contribution in [3.8, 4) is 0 Å². The molecular weight excluding hydrogens is 971 g/mol. The Morgan fingerprint density at radius 2 is 0.972 bits per heavy atom. The van der Waals surface area contributed by atoms with Crippen molar-refractivity contribution in [3.05, 3.63) is 35.9 Å². The zero-order valence-electron chi connectivity index (χ0n) is 42.9. The minimum Gasteiger partial charge on any atom is -0.394 e. The molecule has 0 unspecified atom stereocenters. The molecule has 1 aliphatic heterocycles. The first-order valence-corrected chi connectivity index (χ1v) is 26.6. The molecule has 1 aromatic carbocycles. The van der Waals surface area contributed by atoms with Crippen molar-refractivity contribution in [3.63, 3.8) is 0 Å². The Labute approximate surface area is 432 Å². The molecule has 0 bridgehead atoms. The average Bonchev–Trinajstić information content (AvgIpc) is 3.34. The number of nitrogens with two attached hydrogens (primary N) is 1. The third kappa shape index (κ3) is 20.1. The van der Waals surface area contributed by atoms with Gasteiger partial charge in [-0.2, -0.15) is 24.4 Å². The lowest BCUT2D eigenvalue weighted by molar-refractivity contribution is -0.137. The number of urea groups is 1. The van der Waals surface area contributed by atoms with Crippen LogP contribution in [0, 0.1) is 23.7 Å². The summed E-state index contributed by atoms with van der Waals surface area (Å²) in [6.07, 6.45) is 2.53. The molecule has 72 heavy (non-hydrogen) atoms. The Morgan fingerprint density at radius 3 is 1.42 bits per heavy atom. The lowest BCUT2D eigenvalue weighted by Crippen LogP contribution is -2.62. The molecule has 11 atom stereocenters. The van der Waals surface area contributed by atoms with E-state index in [4.69, 9.17) is 5.73 Å². The maximum Gasteiger partial charge on any atom is 0.312 e. The van der Waals surface area contributed by atoms with Gasteiger partial charge >= 0.3 is 6.03 Å². The SMILES string of the molecule is CC[C@H](C)[C@@H]1NC(=O)[C@H](CS)NC(=O)[C@H](C(C)C)NC(=O)[C@H]([C@@H](C)CC)NC(=O)[C@H](CCCNC(N)=O)NC(=O)[C@H](CCSC)NC(=O)[C@H](CO)NC(=O)[C@H](Cc2ccccc2)NC(=O)[C@H](C(C)C)NC1=O. The number of nitrogens with one attached hydrogen (secondary N) is 10. The summed E-state index contributed by atoms with van der Waals surface area (Å²) in [6.45, 7) is 12.8. The molecule has 0 saturated carbocycles. The van der Waals surface area contributed by atoms with Crippen LogP contribution in [0.5, 0.6) is 0 Å². The second-order valence-corrected chi connectivity index (χ2v) is 20.1. The minimum atomic E-state index is -1.65. The highest BCUT2D eigenvalue weighted by Gasteiger charge is 2.38. The van der Waals surface area contributed by atoms with Crippen molar-refractivity contribution < 1.29 is 53.1 Å². The van der Waals surface area contributed by atoms with E-state index in [0.717, 1.165) is 0 Å². The van der Waals surface area contributed by atoms with Gasteiger partial charge in [0.05, 0.1) is 6.61 Å². The molecule has 24 heteroatoms. The Morgan fingerprint density at radius 1 is 0.583 bits per heavy atom. The highest BCUT2D eigenvalue weighted by molar-refractivity contribution is 7.98. The van der Waals surface area contributed by atoms with Gasteiger partial charge in [0.25, 0.3) is 0 Å². The molecule has 11 amide bonds. The molecule has 1 aliphatic rings. The van der Waals surface area contributed by atoms with E-state index in [1.54, 1.807) is 92.0 Å². The second kappa shape index (κ2) is 31.8. The Bertz CT molecular complexity index is 2000. The van der Waals surface area contributed by atoms with E-state index in [1.165, 1.54) is 11.8 Å². The first-order chi connectivity index (χ1) is 34.0. The van der Waals surface area contributed by atoms with Crippen LogP contribution in [0.3, 0.4) is 0 Å². The van der Waals surface area contributed by atoms with Crippen LogP contribution in [0.25, 0.3) is 0 Å². The van der Waals surface area contributed by atoms with E-state index >= 15 is 0 Å². The van der Waals surface area contributed by atoms with E-state index in [2.05, 4.69) is 65.8 Å². The van der Waals surface area contributed by atoms with Crippen LogP contribution in [0.15, 0.2) is 30.3 Å². The molecule has 1 heterocycles. The minimum absolute atomic E-state index is 0.0141. The van der Waals surface area contributed by atoms with Crippen molar-refractivity contribution in [2.24, 2.45) is 29.4 Å². The quantitative estimate of drug-likeness (QED) is 0.0670. The van der Waals surface area contributed by atoms with Crippen LogP contribution in [-0.4, -0.2) is 150 Å². The number of hydrogen-bond acceptors (Lipinski definition) is 13. The molecule has 0 spiro atoms. The summed E-state index contributed by atoms with van der Waals surface area (Å²) in [6, 6.07) is -4.19. The predicted octanol–water partition coefficient (Wildman–Crippen LogP) is -0.866. The van der Waals surface area contributed by atoms with Crippen LogP contribution < -0.4 is 58.9 Å². The number of carbonyl (C=O) groups is 10. The Balaban J connectivity index is 2.81. The second-order valence-electron chi connectivity index (χ2n) is 18.8. The smallest absolute Gasteiger partial charge is 0.312 e. The van der Waals surface area contributed by atoms with Gasteiger partial charge in [0.1, 0.15) is 54.4 Å². The van der Waals surface area contributed by atoms with Crippen LogP contribution in [0.4, 0.5) is 4.79 Å².